The Morgan fingerprint density at radius 2 is 2.12 bits per heavy atom. The second-order valence-corrected chi connectivity index (χ2v) is 7.24. The van der Waals surface area contributed by atoms with E-state index >= 15 is 0 Å². The van der Waals surface area contributed by atoms with Crippen LogP contribution in [0.3, 0.4) is 0 Å². The number of ether oxygens (including phenoxy) is 1. The van der Waals surface area contributed by atoms with Crippen LogP contribution in [0.2, 0.25) is 0 Å². The highest BCUT2D eigenvalue weighted by molar-refractivity contribution is 5.96. The van der Waals surface area contributed by atoms with Gasteiger partial charge in [-0.25, -0.2) is 4.98 Å². The zero-order valence-electron chi connectivity index (χ0n) is 17.7. The molecule has 0 aliphatic rings. The molecule has 0 unspecified atom stereocenters. The van der Waals surface area contributed by atoms with Gasteiger partial charge in [-0.15, -0.1) is 0 Å². The number of carbonyl (C=O) groups is 1. The van der Waals surface area contributed by atoms with Gasteiger partial charge in [0.05, 0.1) is 17.5 Å². The van der Waals surface area contributed by atoms with E-state index in [1.807, 2.05) is 13.0 Å². The number of hydrogen-bond acceptors (Lipinski definition) is 6. The predicted octanol–water partition coefficient (Wildman–Crippen LogP) is 1.73. The van der Waals surface area contributed by atoms with Crippen molar-refractivity contribution in [3.8, 4) is 0 Å². The third-order valence-corrected chi connectivity index (χ3v) is 5.08. The number of nitrogens with zero attached hydrogens (tertiary/aromatic N) is 4. The maximum absolute atomic E-state index is 13.2. The molecule has 0 atom stereocenters. The molecule has 32 heavy (non-hydrogen) atoms. The van der Waals surface area contributed by atoms with E-state index in [9.17, 15) is 9.59 Å². The van der Waals surface area contributed by atoms with Crippen LogP contribution in [0, 0.1) is 5.41 Å². The average molecular weight is 432 g/mol. The topological polar surface area (TPSA) is 114 Å². The molecule has 0 bridgehead atoms. The van der Waals surface area contributed by atoms with Gasteiger partial charge in [0, 0.05) is 38.3 Å². The molecule has 164 valence electrons. The van der Waals surface area contributed by atoms with Gasteiger partial charge < -0.3 is 14.6 Å². The monoisotopic (exact) mass is 432 g/mol. The maximum Gasteiger partial charge on any atom is 0.267 e. The first-order valence-electron chi connectivity index (χ1n) is 10.4. The highest BCUT2D eigenvalue weighted by Crippen LogP contribution is 2.12. The summed E-state index contributed by atoms with van der Waals surface area (Å²) in [7, 11) is 0. The summed E-state index contributed by atoms with van der Waals surface area (Å²) in [6, 6.07) is 10.4. The summed E-state index contributed by atoms with van der Waals surface area (Å²) in [6.45, 7) is 3.74. The van der Waals surface area contributed by atoms with Crippen LogP contribution in [-0.4, -0.2) is 44.6 Å². The number of amides is 1. The predicted molar refractivity (Wildman–Crippen MR) is 120 cm³/mol. The van der Waals surface area contributed by atoms with Gasteiger partial charge in [-0.1, -0.05) is 12.1 Å². The van der Waals surface area contributed by atoms with Gasteiger partial charge >= 0.3 is 0 Å². The third kappa shape index (κ3) is 4.28. The molecule has 0 aliphatic heterocycles. The quantitative estimate of drug-likeness (QED) is 0.325. The Morgan fingerprint density at radius 3 is 2.91 bits per heavy atom. The van der Waals surface area contributed by atoms with Crippen molar-refractivity contribution < 1.29 is 9.53 Å². The van der Waals surface area contributed by atoms with E-state index in [0.29, 0.717) is 37.5 Å². The molecule has 0 spiro atoms. The Labute approximate surface area is 183 Å². The van der Waals surface area contributed by atoms with E-state index < -0.39 is 5.91 Å². The molecule has 4 rings (SSSR count). The summed E-state index contributed by atoms with van der Waals surface area (Å²) in [5, 5.41) is 11.8. The number of fused-ring (bicyclic) bond motifs is 2. The minimum absolute atomic E-state index is 0.0177. The fraction of sp³-hybridized carbons (Fsp3) is 0.261. The highest BCUT2D eigenvalue weighted by Gasteiger charge is 2.17. The number of aromatic nitrogens is 4. The fourth-order valence-electron chi connectivity index (χ4n) is 3.50. The van der Waals surface area contributed by atoms with Crippen molar-refractivity contribution in [2.75, 3.05) is 19.8 Å². The van der Waals surface area contributed by atoms with E-state index in [1.165, 1.54) is 10.5 Å². The third-order valence-electron chi connectivity index (χ3n) is 5.08. The second kappa shape index (κ2) is 9.52. The summed E-state index contributed by atoms with van der Waals surface area (Å²) in [6.07, 6.45) is 5.65. The van der Waals surface area contributed by atoms with Gasteiger partial charge in [-0.3, -0.25) is 24.4 Å². The lowest BCUT2D eigenvalue weighted by atomic mass is 10.1. The molecule has 0 aliphatic carbocycles. The number of rotatable bonds is 8. The molecule has 0 saturated carbocycles. The van der Waals surface area contributed by atoms with Gasteiger partial charge in [0.25, 0.3) is 11.5 Å². The second-order valence-electron chi connectivity index (χ2n) is 7.24. The molecule has 4 aromatic rings. The first kappa shape index (κ1) is 21.4. The van der Waals surface area contributed by atoms with E-state index in [2.05, 4.69) is 15.3 Å². The number of hydrogen-bond donors (Lipinski definition) is 2. The van der Waals surface area contributed by atoms with Gasteiger partial charge in [0.15, 0.2) is 0 Å². The largest absolute Gasteiger partial charge is 0.382 e. The van der Waals surface area contributed by atoms with Crippen molar-refractivity contribution in [1.29, 1.82) is 5.41 Å². The molecule has 4 heterocycles. The van der Waals surface area contributed by atoms with Crippen molar-refractivity contribution in [2.45, 2.75) is 19.9 Å². The average Bonchev–Trinajstić information content (AvgIpc) is 2.81. The fourth-order valence-corrected chi connectivity index (χ4v) is 3.50. The molecular formula is C23H24N6O3. The molecule has 1 amide bonds. The highest BCUT2D eigenvalue weighted by atomic mass is 16.5. The molecule has 0 aromatic carbocycles. The lowest BCUT2D eigenvalue weighted by molar-refractivity contribution is 0.0942. The molecule has 0 fully saturated rings. The molecule has 0 radical (unpaired) electrons. The molecule has 2 N–H and O–H groups in total. The minimum Gasteiger partial charge on any atom is -0.382 e. The number of carbonyl (C=O) groups excluding carboxylic acids is 1. The summed E-state index contributed by atoms with van der Waals surface area (Å²) in [5.74, 6) is -0.411. The van der Waals surface area contributed by atoms with Crippen LogP contribution in [0.4, 0.5) is 0 Å². The van der Waals surface area contributed by atoms with Crippen molar-refractivity contribution in [3.63, 3.8) is 0 Å². The van der Waals surface area contributed by atoms with Crippen LogP contribution in [0.5, 0.6) is 0 Å². The Balaban J connectivity index is 1.84. The molecule has 9 nitrogen and oxygen atoms in total. The summed E-state index contributed by atoms with van der Waals surface area (Å²) in [4.78, 5) is 34.9. The molecular weight excluding hydrogens is 408 g/mol. The normalized spacial score (nSPS) is 11.2. The first-order chi connectivity index (χ1) is 15.6. The Hall–Kier alpha value is -3.85. The Morgan fingerprint density at radius 1 is 1.25 bits per heavy atom. The van der Waals surface area contributed by atoms with Gasteiger partial charge in [-0.05, 0) is 43.2 Å². The summed E-state index contributed by atoms with van der Waals surface area (Å²) in [5.41, 5.74) is 1.46. The summed E-state index contributed by atoms with van der Waals surface area (Å²) < 4.78 is 8.31. The van der Waals surface area contributed by atoms with E-state index in [1.54, 1.807) is 47.4 Å². The van der Waals surface area contributed by atoms with Crippen LogP contribution in [0.15, 0.2) is 59.8 Å². The smallest absolute Gasteiger partial charge is 0.267 e. The van der Waals surface area contributed by atoms with Gasteiger partial charge in [0.2, 0.25) is 0 Å². The lowest BCUT2D eigenvalue weighted by Crippen LogP contribution is -2.35. The van der Waals surface area contributed by atoms with Crippen LogP contribution >= 0.6 is 0 Å². The zero-order valence-corrected chi connectivity index (χ0v) is 17.7. The van der Waals surface area contributed by atoms with E-state index in [4.69, 9.17) is 10.1 Å². The van der Waals surface area contributed by atoms with E-state index in [0.717, 1.165) is 5.56 Å². The Bertz CT molecular complexity index is 1380. The van der Waals surface area contributed by atoms with Crippen LogP contribution in [-0.2, 0) is 11.3 Å². The van der Waals surface area contributed by atoms with E-state index in [-0.39, 0.29) is 28.5 Å². The van der Waals surface area contributed by atoms with Crippen molar-refractivity contribution in [2.24, 2.45) is 0 Å². The summed E-state index contributed by atoms with van der Waals surface area (Å²) >= 11 is 0. The molecule has 4 aromatic heterocycles. The van der Waals surface area contributed by atoms with Crippen LogP contribution < -0.4 is 16.4 Å². The minimum atomic E-state index is -0.411. The lowest BCUT2D eigenvalue weighted by Gasteiger charge is -2.15. The van der Waals surface area contributed by atoms with Crippen LogP contribution in [0.25, 0.3) is 16.7 Å². The molecule has 0 saturated heterocycles. The van der Waals surface area contributed by atoms with Crippen molar-refractivity contribution in [3.05, 3.63) is 82.0 Å². The van der Waals surface area contributed by atoms with Gasteiger partial charge in [-0.2, -0.15) is 0 Å². The first-order valence-corrected chi connectivity index (χ1v) is 10.4. The van der Waals surface area contributed by atoms with Crippen LogP contribution in [0.1, 0.15) is 29.3 Å². The maximum atomic E-state index is 13.2. The number of pyridine rings is 3. The zero-order chi connectivity index (χ0) is 22.5. The Kier molecular flexibility index (Phi) is 6.37. The van der Waals surface area contributed by atoms with Crippen molar-refractivity contribution in [1.82, 2.24) is 24.3 Å². The van der Waals surface area contributed by atoms with Gasteiger partial charge in [0.1, 0.15) is 16.8 Å². The SMILES string of the molecule is CCOCCCNC(=O)c1cc2c(=O)n3ccccc3nc2n(Cc2cccnc2)c1=N. The van der Waals surface area contributed by atoms with Crippen molar-refractivity contribution >= 4 is 22.6 Å². The standard InChI is InChI=1S/C23H24N6O3/c1-2-32-12-6-10-26-22(30)17-13-18-21(27-19-8-3-4-11-28(19)23(18)31)29(20(17)24)15-16-7-5-9-25-14-16/h3-5,7-9,11,13-14,24H,2,6,10,12,15H2,1H3,(H,26,30). The number of nitrogens with one attached hydrogen (secondary N) is 2. The molecule has 9 heteroatoms.